The summed E-state index contributed by atoms with van der Waals surface area (Å²) in [7, 11) is 1.86. The fourth-order valence-electron chi connectivity index (χ4n) is 1.27. The lowest BCUT2D eigenvalue weighted by Gasteiger charge is -2.16. The van der Waals surface area contributed by atoms with Crippen molar-refractivity contribution in [2.75, 3.05) is 26.7 Å². The molecule has 0 heterocycles. The van der Waals surface area contributed by atoms with Gasteiger partial charge in [0.1, 0.15) is 12.4 Å². The molecule has 0 saturated heterocycles. The highest BCUT2D eigenvalue weighted by molar-refractivity contribution is 6.32. The van der Waals surface area contributed by atoms with Gasteiger partial charge in [0.2, 0.25) is 0 Å². The van der Waals surface area contributed by atoms with E-state index in [2.05, 4.69) is 0 Å². The van der Waals surface area contributed by atoms with E-state index >= 15 is 0 Å². The second-order valence-electron chi connectivity index (χ2n) is 3.73. The Morgan fingerprint density at radius 2 is 2.12 bits per heavy atom. The van der Waals surface area contributed by atoms with E-state index in [1.54, 1.807) is 12.1 Å². The van der Waals surface area contributed by atoms with E-state index in [0.717, 1.165) is 0 Å². The molecule has 0 aromatic heterocycles. The number of carboxylic acids is 1. The third-order valence-electron chi connectivity index (χ3n) is 2.27. The third kappa shape index (κ3) is 5.56. The average molecular weight is 258 g/mol. The van der Waals surface area contributed by atoms with Gasteiger partial charge >= 0.3 is 5.97 Å². The van der Waals surface area contributed by atoms with Gasteiger partial charge in [-0.25, -0.2) is 0 Å². The molecular formula is C12H16ClNO3. The summed E-state index contributed by atoms with van der Waals surface area (Å²) in [6, 6.07) is 7.27. The van der Waals surface area contributed by atoms with Gasteiger partial charge < -0.3 is 14.7 Å². The standard InChI is InChI=1S/C12H16ClNO3/c1-14(7-6-12(15)16)8-9-17-11-5-3-2-4-10(11)13/h2-5H,6-9H2,1H3,(H,15,16). The zero-order chi connectivity index (χ0) is 12.7. The van der Waals surface area contributed by atoms with Crippen LogP contribution in [0.15, 0.2) is 24.3 Å². The first kappa shape index (κ1) is 13.8. The van der Waals surface area contributed by atoms with Crippen molar-refractivity contribution in [3.05, 3.63) is 29.3 Å². The van der Waals surface area contributed by atoms with Crippen molar-refractivity contribution in [3.8, 4) is 5.75 Å². The number of rotatable bonds is 7. The molecule has 0 amide bonds. The van der Waals surface area contributed by atoms with Crippen molar-refractivity contribution in [1.29, 1.82) is 0 Å². The molecule has 94 valence electrons. The van der Waals surface area contributed by atoms with E-state index in [4.69, 9.17) is 21.4 Å². The molecule has 0 bridgehead atoms. The van der Waals surface area contributed by atoms with E-state index in [9.17, 15) is 4.79 Å². The fraction of sp³-hybridized carbons (Fsp3) is 0.417. The Morgan fingerprint density at radius 3 is 2.76 bits per heavy atom. The minimum Gasteiger partial charge on any atom is -0.491 e. The molecular weight excluding hydrogens is 242 g/mol. The van der Waals surface area contributed by atoms with Crippen LogP contribution >= 0.6 is 11.6 Å². The summed E-state index contributed by atoms with van der Waals surface area (Å²) in [4.78, 5) is 12.3. The first-order chi connectivity index (χ1) is 8.09. The SMILES string of the molecule is CN(CCOc1ccccc1Cl)CCC(=O)O. The maximum Gasteiger partial charge on any atom is 0.304 e. The highest BCUT2D eigenvalue weighted by atomic mass is 35.5. The van der Waals surface area contributed by atoms with Gasteiger partial charge in [0.15, 0.2) is 0 Å². The molecule has 0 atom stereocenters. The van der Waals surface area contributed by atoms with E-state index in [1.807, 2.05) is 24.1 Å². The van der Waals surface area contributed by atoms with Crippen LogP contribution in [0.4, 0.5) is 0 Å². The lowest BCUT2D eigenvalue weighted by Crippen LogP contribution is -2.26. The van der Waals surface area contributed by atoms with Crippen LogP contribution in [0.2, 0.25) is 5.02 Å². The van der Waals surface area contributed by atoms with Gasteiger partial charge in [0, 0.05) is 13.1 Å². The molecule has 1 aromatic rings. The minimum absolute atomic E-state index is 0.141. The molecule has 0 aliphatic carbocycles. The molecule has 0 aliphatic rings. The average Bonchev–Trinajstić information content (AvgIpc) is 2.29. The number of carboxylic acid groups (broad SMARTS) is 1. The zero-order valence-corrected chi connectivity index (χ0v) is 10.5. The summed E-state index contributed by atoms with van der Waals surface area (Å²) in [5, 5.41) is 9.11. The molecule has 4 nitrogen and oxygen atoms in total. The quantitative estimate of drug-likeness (QED) is 0.813. The Hall–Kier alpha value is -1.26. The molecule has 1 rings (SSSR count). The Labute approximate surface area is 106 Å². The van der Waals surface area contributed by atoms with Crippen LogP contribution in [0.1, 0.15) is 6.42 Å². The van der Waals surface area contributed by atoms with Crippen molar-refractivity contribution < 1.29 is 14.6 Å². The Morgan fingerprint density at radius 1 is 1.41 bits per heavy atom. The van der Waals surface area contributed by atoms with Crippen molar-refractivity contribution >= 4 is 17.6 Å². The number of para-hydroxylation sites is 1. The van der Waals surface area contributed by atoms with Gasteiger partial charge in [-0.15, -0.1) is 0 Å². The molecule has 0 saturated carbocycles. The molecule has 0 spiro atoms. The van der Waals surface area contributed by atoms with Crippen molar-refractivity contribution in [3.63, 3.8) is 0 Å². The normalized spacial score (nSPS) is 10.5. The molecule has 1 aromatic carbocycles. The molecule has 0 unspecified atom stereocenters. The Bertz CT molecular complexity index is 371. The van der Waals surface area contributed by atoms with Gasteiger partial charge in [0.25, 0.3) is 0 Å². The number of ether oxygens (including phenoxy) is 1. The van der Waals surface area contributed by atoms with Crippen LogP contribution < -0.4 is 4.74 Å². The number of halogens is 1. The number of hydrogen-bond donors (Lipinski definition) is 1. The zero-order valence-electron chi connectivity index (χ0n) is 9.73. The number of hydrogen-bond acceptors (Lipinski definition) is 3. The first-order valence-corrected chi connectivity index (χ1v) is 5.75. The summed E-state index contributed by atoms with van der Waals surface area (Å²) < 4.78 is 5.49. The van der Waals surface area contributed by atoms with Crippen LogP contribution in [0.3, 0.4) is 0 Å². The summed E-state index contributed by atoms with van der Waals surface area (Å²) in [5.41, 5.74) is 0. The van der Waals surface area contributed by atoms with Crippen molar-refractivity contribution in [1.82, 2.24) is 4.90 Å². The van der Waals surface area contributed by atoms with Gasteiger partial charge in [-0.05, 0) is 19.2 Å². The third-order valence-corrected chi connectivity index (χ3v) is 2.59. The molecule has 0 radical (unpaired) electrons. The smallest absolute Gasteiger partial charge is 0.304 e. The maximum atomic E-state index is 10.4. The number of likely N-dealkylation sites (N-methyl/N-ethyl adjacent to an activating group) is 1. The molecule has 1 N–H and O–H groups in total. The van der Waals surface area contributed by atoms with Crippen LogP contribution in [-0.2, 0) is 4.79 Å². The second-order valence-corrected chi connectivity index (χ2v) is 4.13. The summed E-state index contributed by atoms with van der Waals surface area (Å²) in [5.74, 6) is -0.135. The summed E-state index contributed by atoms with van der Waals surface area (Å²) >= 11 is 5.93. The maximum absolute atomic E-state index is 10.4. The molecule has 0 fully saturated rings. The number of nitrogens with zero attached hydrogens (tertiary/aromatic N) is 1. The van der Waals surface area contributed by atoms with E-state index in [1.165, 1.54) is 0 Å². The van der Waals surface area contributed by atoms with Crippen LogP contribution in [-0.4, -0.2) is 42.7 Å². The van der Waals surface area contributed by atoms with Gasteiger partial charge in [-0.2, -0.15) is 0 Å². The van der Waals surface area contributed by atoms with Gasteiger partial charge in [-0.3, -0.25) is 4.79 Å². The minimum atomic E-state index is -0.788. The second kappa shape index (κ2) is 7.14. The Balaban J connectivity index is 2.24. The van der Waals surface area contributed by atoms with Gasteiger partial charge in [-0.1, -0.05) is 23.7 Å². The van der Waals surface area contributed by atoms with Crippen LogP contribution in [0, 0.1) is 0 Å². The molecule has 0 aliphatic heterocycles. The van der Waals surface area contributed by atoms with E-state index in [0.29, 0.717) is 30.5 Å². The number of aliphatic carboxylic acids is 1. The van der Waals surface area contributed by atoms with Crippen LogP contribution in [0.5, 0.6) is 5.75 Å². The van der Waals surface area contributed by atoms with E-state index in [-0.39, 0.29) is 6.42 Å². The lowest BCUT2D eigenvalue weighted by molar-refractivity contribution is -0.137. The molecule has 5 heteroatoms. The highest BCUT2D eigenvalue weighted by Crippen LogP contribution is 2.22. The summed E-state index contributed by atoms with van der Waals surface area (Å²) in [6.45, 7) is 1.67. The largest absolute Gasteiger partial charge is 0.491 e. The molecule has 17 heavy (non-hydrogen) atoms. The van der Waals surface area contributed by atoms with Crippen LogP contribution in [0.25, 0.3) is 0 Å². The highest BCUT2D eigenvalue weighted by Gasteiger charge is 2.03. The predicted octanol–water partition coefficient (Wildman–Crippen LogP) is 2.13. The monoisotopic (exact) mass is 257 g/mol. The first-order valence-electron chi connectivity index (χ1n) is 5.37. The van der Waals surface area contributed by atoms with Crippen molar-refractivity contribution in [2.24, 2.45) is 0 Å². The topological polar surface area (TPSA) is 49.8 Å². The van der Waals surface area contributed by atoms with Gasteiger partial charge in [0.05, 0.1) is 11.4 Å². The summed E-state index contributed by atoms with van der Waals surface area (Å²) in [6.07, 6.45) is 0.141. The fourth-order valence-corrected chi connectivity index (χ4v) is 1.46. The number of carbonyl (C=O) groups is 1. The Kier molecular flexibility index (Phi) is 5.80. The number of benzene rings is 1. The van der Waals surface area contributed by atoms with E-state index < -0.39 is 5.97 Å². The van der Waals surface area contributed by atoms with Crippen molar-refractivity contribution in [2.45, 2.75) is 6.42 Å². The predicted molar refractivity (Wildman–Crippen MR) is 66.7 cm³/mol. The lowest BCUT2D eigenvalue weighted by atomic mass is 10.3.